The van der Waals surface area contributed by atoms with Gasteiger partial charge in [0.1, 0.15) is 5.56 Å². The van der Waals surface area contributed by atoms with E-state index in [4.69, 9.17) is 9.72 Å². The Labute approximate surface area is 154 Å². The molecule has 0 radical (unpaired) electrons. The van der Waals surface area contributed by atoms with E-state index in [1.165, 1.54) is 7.11 Å². The predicted octanol–water partition coefficient (Wildman–Crippen LogP) is 3.78. The highest BCUT2D eigenvalue weighted by atomic mass is 32.2. The smallest absolute Gasteiger partial charge is 0.341 e. The lowest BCUT2D eigenvalue weighted by Crippen LogP contribution is -2.03. The molecular weight excluding hydrogens is 348 g/mol. The van der Waals surface area contributed by atoms with Crippen molar-refractivity contribution in [2.24, 2.45) is 0 Å². The summed E-state index contributed by atoms with van der Waals surface area (Å²) in [6, 6.07) is 11.7. The van der Waals surface area contributed by atoms with Gasteiger partial charge in [0, 0.05) is 24.7 Å². The van der Waals surface area contributed by atoms with E-state index in [0.29, 0.717) is 17.0 Å². The molecule has 0 saturated carbocycles. The van der Waals surface area contributed by atoms with Crippen LogP contribution in [0.5, 0.6) is 0 Å². The molecule has 132 valence electrons. The van der Waals surface area contributed by atoms with E-state index in [2.05, 4.69) is 22.5 Å². The highest BCUT2D eigenvalue weighted by molar-refractivity contribution is 7.98. The second-order valence-corrected chi connectivity index (χ2v) is 6.74. The predicted molar refractivity (Wildman–Crippen MR) is 101 cm³/mol. The number of hydrogen-bond acceptors (Lipinski definition) is 5. The third-order valence-electron chi connectivity index (χ3n) is 4.22. The van der Waals surface area contributed by atoms with Gasteiger partial charge in [0.2, 0.25) is 0 Å². The number of fused-ring (bicyclic) bond motifs is 2. The van der Waals surface area contributed by atoms with Crippen molar-refractivity contribution in [3.63, 3.8) is 0 Å². The minimum atomic E-state index is -0.381. The molecule has 4 rings (SSSR count). The van der Waals surface area contributed by atoms with Gasteiger partial charge in [-0.05, 0) is 31.2 Å². The molecule has 7 heteroatoms. The zero-order valence-corrected chi connectivity index (χ0v) is 15.4. The van der Waals surface area contributed by atoms with Crippen LogP contribution in [0.15, 0.2) is 53.9 Å². The molecule has 0 amide bonds. The quantitative estimate of drug-likeness (QED) is 0.397. The number of carbonyl (C=O) groups excluding carboxylic acids is 1. The topological polar surface area (TPSA) is 61.4 Å². The number of benzene rings is 1. The zero-order chi connectivity index (χ0) is 18.1. The van der Waals surface area contributed by atoms with Crippen molar-refractivity contribution in [3.8, 4) is 0 Å². The fraction of sp³-hybridized carbons (Fsp3) is 0.211. The lowest BCUT2D eigenvalue weighted by Gasteiger charge is -2.04. The number of methoxy groups -OCH3 is 1. The summed E-state index contributed by atoms with van der Waals surface area (Å²) in [4.78, 5) is 21.2. The summed E-state index contributed by atoms with van der Waals surface area (Å²) in [6.07, 6.45) is 3.82. The summed E-state index contributed by atoms with van der Waals surface area (Å²) in [6.45, 7) is 2.98. The lowest BCUT2D eigenvalue weighted by atomic mass is 10.3. The summed E-state index contributed by atoms with van der Waals surface area (Å²) in [5.41, 5.74) is 4.10. The Morgan fingerprint density at radius 1 is 1.19 bits per heavy atom. The average molecular weight is 366 g/mol. The number of aromatic nitrogens is 4. The number of rotatable bonds is 5. The maximum atomic E-state index is 11.9. The number of carbonyl (C=O) groups is 1. The second kappa shape index (κ2) is 6.84. The van der Waals surface area contributed by atoms with Gasteiger partial charge in [0.15, 0.2) is 10.8 Å². The molecule has 0 fully saturated rings. The molecule has 0 saturated heterocycles. The molecule has 6 nitrogen and oxygen atoms in total. The summed E-state index contributed by atoms with van der Waals surface area (Å²) in [7, 11) is 1.38. The van der Waals surface area contributed by atoms with Crippen LogP contribution >= 0.6 is 11.8 Å². The van der Waals surface area contributed by atoms with Gasteiger partial charge in [0.05, 0.1) is 23.8 Å². The molecule has 0 spiro atoms. The SMILES string of the molecule is CCn1c(SCc2cn3cccc(C(=O)OC)c3n2)nc2ccccc21. The van der Waals surface area contributed by atoms with Gasteiger partial charge < -0.3 is 13.7 Å². The van der Waals surface area contributed by atoms with Crippen LogP contribution < -0.4 is 0 Å². The number of para-hydroxylation sites is 2. The van der Waals surface area contributed by atoms with E-state index < -0.39 is 0 Å². The van der Waals surface area contributed by atoms with Crippen LogP contribution in [0.3, 0.4) is 0 Å². The molecule has 0 bridgehead atoms. The van der Waals surface area contributed by atoms with Crippen LogP contribution in [0.1, 0.15) is 23.0 Å². The average Bonchev–Trinajstić information content (AvgIpc) is 3.25. The Morgan fingerprint density at radius 2 is 2.04 bits per heavy atom. The molecule has 4 aromatic rings. The lowest BCUT2D eigenvalue weighted by molar-refractivity contribution is 0.0602. The van der Waals surface area contributed by atoms with E-state index in [1.807, 2.05) is 41.1 Å². The maximum absolute atomic E-state index is 11.9. The van der Waals surface area contributed by atoms with Crippen LogP contribution in [0.2, 0.25) is 0 Å². The summed E-state index contributed by atoms with van der Waals surface area (Å²) < 4.78 is 8.89. The van der Waals surface area contributed by atoms with Crippen molar-refractivity contribution in [1.29, 1.82) is 0 Å². The number of imidazole rings is 2. The number of aryl methyl sites for hydroxylation is 1. The number of esters is 1. The number of nitrogens with zero attached hydrogens (tertiary/aromatic N) is 4. The Kier molecular flexibility index (Phi) is 4.38. The Bertz CT molecular complexity index is 1100. The van der Waals surface area contributed by atoms with Crippen LogP contribution in [0, 0.1) is 0 Å². The highest BCUT2D eigenvalue weighted by Crippen LogP contribution is 2.27. The molecule has 1 aromatic carbocycles. The van der Waals surface area contributed by atoms with Crippen molar-refractivity contribution in [3.05, 3.63) is 60.0 Å². The van der Waals surface area contributed by atoms with Gasteiger partial charge in [-0.1, -0.05) is 23.9 Å². The molecule has 0 aliphatic rings. The summed E-state index contributed by atoms with van der Waals surface area (Å²) in [5.74, 6) is 0.291. The minimum absolute atomic E-state index is 0.381. The Hall–Kier alpha value is -2.80. The minimum Gasteiger partial charge on any atom is -0.465 e. The van der Waals surface area contributed by atoms with Crippen molar-refractivity contribution in [2.45, 2.75) is 24.4 Å². The monoisotopic (exact) mass is 366 g/mol. The van der Waals surface area contributed by atoms with Gasteiger partial charge in [-0.2, -0.15) is 0 Å². The highest BCUT2D eigenvalue weighted by Gasteiger charge is 2.15. The fourth-order valence-corrected chi connectivity index (χ4v) is 3.97. The molecule has 0 unspecified atom stereocenters. The molecule has 0 N–H and O–H groups in total. The van der Waals surface area contributed by atoms with Crippen LogP contribution in [0.25, 0.3) is 16.7 Å². The molecule has 0 aliphatic carbocycles. The van der Waals surface area contributed by atoms with Crippen molar-refractivity contribution in [2.75, 3.05) is 7.11 Å². The summed E-state index contributed by atoms with van der Waals surface area (Å²) >= 11 is 1.65. The van der Waals surface area contributed by atoms with Crippen LogP contribution in [0.4, 0.5) is 0 Å². The van der Waals surface area contributed by atoms with E-state index in [9.17, 15) is 4.79 Å². The first-order chi connectivity index (χ1) is 12.7. The fourth-order valence-electron chi connectivity index (χ4n) is 3.01. The third-order valence-corrected chi connectivity index (χ3v) is 5.23. The van der Waals surface area contributed by atoms with Gasteiger partial charge in [-0.15, -0.1) is 0 Å². The molecular formula is C19H18N4O2S. The molecule has 26 heavy (non-hydrogen) atoms. The van der Waals surface area contributed by atoms with E-state index >= 15 is 0 Å². The first-order valence-corrected chi connectivity index (χ1v) is 9.32. The maximum Gasteiger partial charge on any atom is 0.341 e. The van der Waals surface area contributed by atoms with E-state index in [-0.39, 0.29) is 5.97 Å². The largest absolute Gasteiger partial charge is 0.465 e. The number of ether oxygens (including phenoxy) is 1. The number of thioether (sulfide) groups is 1. The number of pyridine rings is 1. The van der Waals surface area contributed by atoms with E-state index in [1.54, 1.807) is 17.8 Å². The number of hydrogen-bond donors (Lipinski definition) is 0. The van der Waals surface area contributed by atoms with Gasteiger partial charge in [-0.3, -0.25) is 0 Å². The summed E-state index contributed by atoms with van der Waals surface area (Å²) in [5, 5.41) is 0.971. The molecule has 3 aromatic heterocycles. The Morgan fingerprint density at radius 3 is 2.85 bits per heavy atom. The zero-order valence-electron chi connectivity index (χ0n) is 14.5. The molecule has 0 atom stereocenters. The molecule has 0 aliphatic heterocycles. The second-order valence-electron chi connectivity index (χ2n) is 5.79. The first-order valence-electron chi connectivity index (χ1n) is 8.34. The van der Waals surface area contributed by atoms with Crippen LogP contribution in [-0.2, 0) is 17.0 Å². The molecule has 3 heterocycles. The normalized spacial score (nSPS) is 11.3. The third kappa shape index (κ3) is 2.84. The van der Waals surface area contributed by atoms with Crippen molar-refractivity contribution >= 4 is 34.4 Å². The van der Waals surface area contributed by atoms with Crippen molar-refractivity contribution in [1.82, 2.24) is 18.9 Å². The standard InChI is InChI=1S/C19H18N4O2S/c1-3-23-16-9-5-4-8-15(16)21-19(23)26-12-13-11-22-10-6-7-14(17(22)20-13)18(24)25-2/h4-11H,3,12H2,1-2H3. The first kappa shape index (κ1) is 16.7. The Balaban J connectivity index is 1.63. The van der Waals surface area contributed by atoms with Gasteiger partial charge in [0.25, 0.3) is 0 Å². The van der Waals surface area contributed by atoms with Gasteiger partial charge >= 0.3 is 5.97 Å². The van der Waals surface area contributed by atoms with E-state index in [0.717, 1.165) is 28.4 Å². The van der Waals surface area contributed by atoms with Gasteiger partial charge in [-0.25, -0.2) is 14.8 Å². The van der Waals surface area contributed by atoms with Crippen LogP contribution in [-0.4, -0.2) is 32.0 Å². The van der Waals surface area contributed by atoms with Crippen molar-refractivity contribution < 1.29 is 9.53 Å².